The van der Waals surface area contributed by atoms with Gasteiger partial charge >= 0.3 is 0 Å². The lowest BCUT2D eigenvalue weighted by atomic mass is 9.45. The number of carbonyl (C=O) groups excluding carboxylic acids is 1. The molecule has 4 saturated carbocycles. The van der Waals surface area contributed by atoms with Crippen LogP contribution in [-0.4, -0.2) is 27.0 Å². The summed E-state index contributed by atoms with van der Waals surface area (Å²) in [6.07, 6.45) is 17.1. The first-order valence-electron chi connectivity index (χ1n) is 12.7. The smallest absolute Gasteiger partial charge is 0.220 e. The van der Waals surface area contributed by atoms with Crippen molar-refractivity contribution in [3.05, 3.63) is 0 Å². The van der Waals surface area contributed by atoms with Gasteiger partial charge in [-0.15, -0.1) is 0 Å². The SMILES string of the molecule is CC12CCCCC1CCC1C2CCC2(C)C(CCCC(=O)NCCS(=O)O)CCC12. The zero-order chi connectivity index (χ0) is 21.4. The summed E-state index contributed by atoms with van der Waals surface area (Å²) in [5, 5.41) is 2.78. The lowest BCUT2D eigenvalue weighted by Gasteiger charge is -2.60. The molecule has 4 fully saturated rings. The van der Waals surface area contributed by atoms with Gasteiger partial charge in [0.1, 0.15) is 0 Å². The Morgan fingerprint density at radius 1 is 1.00 bits per heavy atom. The van der Waals surface area contributed by atoms with Gasteiger partial charge in [-0.3, -0.25) is 4.79 Å². The zero-order valence-electron chi connectivity index (χ0n) is 19.2. The molecule has 4 aliphatic carbocycles. The molecule has 172 valence electrons. The lowest BCUT2D eigenvalue weighted by Crippen LogP contribution is -2.52. The second-order valence-electron chi connectivity index (χ2n) is 11.5. The third-order valence-corrected chi connectivity index (χ3v) is 10.9. The van der Waals surface area contributed by atoms with E-state index in [1.165, 1.54) is 70.6 Å². The van der Waals surface area contributed by atoms with Crippen LogP contribution in [0, 0.1) is 40.4 Å². The standard InChI is InChI=1S/C25H43NO3S/c1-24-14-4-3-6-18(24)9-11-20-21-12-10-19(25(21,2)15-13-22(20)24)7-5-8-23(27)26-16-17-30(28)29/h18-22H,3-17H2,1-2H3,(H,26,27)(H,28,29). The molecule has 2 N–H and O–H groups in total. The molecule has 0 saturated heterocycles. The van der Waals surface area contributed by atoms with E-state index < -0.39 is 11.1 Å². The van der Waals surface area contributed by atoms with Crippen molar-refractivity contribution >= 4 is 17.0 Å². The van der Waals surface area contributed by atoms with Gasteiger partial charge in [0.15, 0.2) is 11.1 Å². The van der Waals surface area contributed by atoms with Crippen LogP contribution in [-0.2, 0) is 15.9 Å². The van der Waals surface area contributed by atoms with E-state index in [4.69, 9.17) is 4.55 Å². The Morgan fingerprint density at radius 3 is 2.60 bits per heavy atom. The fourth-order valence-corrected chi connectivity index (χ4v) is 9.03. The van der Waals surface area contributed by atoms with Gasteiger partial charge < -0.3 is 9.87 Å². The normalized spacial score (nSPS) is 43.9. The summed E-state index contributed by atoms with van der Waals surface area (Å²) in [4.78, 5) is 12.0. The van der Waals surface area contributed by atoms with Gasteiger partial charge in [0, 0.05) is 13.0 Å². The highest BCUT2D eigenvalue weighted by Gasteiger charge is 2.59. The van der Waals surface area contributed by atoms with Gasteiger partial charge in [-0.25, -0.2) is 4.21 Å². The maximum Gasteiger partial charge on any atom is 0.220 e. The molecule has 0 aromatic heterocycles. The molecule has 4 rings (SSSR count). The van der Waals surface area contributed by atoms with E-state index in [1.807, 2.05) is 0 Å². The van der Waals surface area contributed by atoms with Crippen molar-refractivity contribution in [2.24, 2.45) is 40.4 Å². The Balaban J connectivity index is 1.31. The Kier molecular flexibility index (Phi) is 6.99. The first-order valence-corrected chi connectivity index (χ1v) is 14.0. The predicted molar refractivity (Wildman–Crippen MR) is 122 cm³/mol. The van der Waals surface area contributed by atoms with Gasteiger partial charge in [0.25, 0.3) is 0 Å². The van der Waals surface area contributed by atoms with Crippen LogP contribution in [0.3, 0.4) is 0 Å². The monoisotopic (exact) mass is 437 g/mol. The molecule has 0 radical (unpaired) electrons. The Labute approximate surface area is 186 Å². The van der Waals surface area contributed by atoms with Gasteiger partial charge in [-0.2, -0.15) is 0 Å². The van der Waals surface area contributed by atoms with Crippen molar-refractivity contribution in [2.75, 3.05) is 12.3 Å². The first-order chi connectivity index (χ1) is 14.3. The van der Waals surface area contributed by atoms with E-state index in [0.717, 1.165) is 36.0 Å². The van der Waals surface area contributed by atoms with Crippen LogP contribution in [0.1, 0.15) is 97.3 Å². The molecule has 8 atom stereocenters. The minimum Gasteiger partial charge on any atom is -0.355 e. The molecular formula is C25H43NO3S. The summed E-state index contributed by atoms with van der Waals surface area (Å²) in [6, 6.07) is 0. The zero-order valence-corrected chi connectivity index (χ0v) is 20.0. The van der Waals surface area contributed by atoms with E-state index in [2.05, 4.69) is 19.2 Å². The quantitative estimate of drug-likeness (QED) is 0.514. The van der Waals surface area contributed by atoms with Gasteiger partial charge in [-0.05, 0) is 105 Å². The molecule has 0 aromatic carbocycles. The summed E-state index contributed by atoms with van der Waals surface area (Å²) >= 11 is -1.82. The van der Waals surface area contributed by atoms with E-state index in [9.17, 15) is 9.00 Å². The minimum atomic E-state index is -1.82. The summed E-state index contributed by atoms with van der Waals surface area (Å²) < 4.78 is 19.5. The molecule has 4 nitrogen and oxygen atoms in total. The topological polar surface area (TPSA) is 66.4 Å². The van der Waals surface area contributed by atoms with E-state index in [0.29, 0.717) is 23.8 Å². The van der Waals surface area contributed by atoms with Crippen LogP contribution < -0.4 is 5.32 Å². The molecule has 30 heavy (non-hydrogen) atoms. The highest BCUT2D eigenvalue weighted by molar-refractivity contribution is 7.79. The second kappa shape index (κ2) is 9.21. The number of carbonyl (C=O) groups is 1. The highest BCUT2D eigenvalue weighted by Crippen LogP contribution is 2.67. The van der Waals surface area contributed by atoms with Gasteiger partial charge in [0.2, 0.25) is 5.91 Å². The van der Waals surface area contributed by atoms with Crippen LogP contribution in [0.4, 0.5) is 0 Å². The van der Waals surface area contributed by atoms with Crippen molar-refractivity contribution < 1.29 is 13.6 Å². The predicted octanol–water partition coefficient (Wildman–Crippen LogP) is 5.54. The largest absolute Gasteiger partial charge is 0.355 e. The Hall–Kier alpha value is -0.420. The minimum absolute atomic E-state index is 0.0346. The molecule has 0 spiro atoms. The second-order valence-corrected chi connectivity index (χ2v) is 12.5. The Morgan fingerprint density at radius 2 is 1.80 bits per heavy atom. The lowest BCUT2D eigenvalue weighted by molar-refractivity contribution is -0.121. The molecule has 1 amide bonds. The summed E-state index contributed by atoms with van der Waals surface area (Å²) in [5.74, 6) is 4.76. The van der Waals surface area contributed by atoms with E-state index in [1.54, 1.807) is 0 Å². The van der Waals surface area contributed by atoms with Gasteiger partial charge in [-0.1, -0.05) is 26.7 Å². The molecule has 0 aromatic rings. The van der Waals surface area contributed by atoms with Crippen LogP contribution in [0.25, 0.3) is 0 Å². The molecule has 8 unspecified atom stereocenters. The number of nitrogens with one attached hydrogen (secondary N) is 1. The summed E-state index contributed by atoms with van der Waals surface area (Å²) in [6.45, 7) is 5.55. The first kappa shape index (κ1) is 22.8. The molecular weight excluding hydrogens is 394 g/mol. The highest BCUT2D eigenvalue weighted by atomic mass is 32.2. The van der Waals surface area contributed by atoms with Crippen molar-refractivity contribution in [3.63, 3.8) is 0 Å². The van der Waals surface area contributed by atoms with Crippen molar-refractivity contribution in [1.82, 2.24) is 5.32 Å². The fraction of sp³-hybridized carbons (Fsp3) is 0.960. The number of rotatable bonds is 7. The molecule has 0 heterocycles. The average Bonchev–Trinajstić information content (AvgIpc) is 3.04. The summed E-state index contributed by atoms with van der Waals surface area (Å²) in [7, 11) is 0. The molecule has 0 bridgehead atoms. The molecule has 4 aliphatic rings. The molecule has 5 heteroatoms. The maximum absolute atomic E-state index is 12.0. The van der Waals surface area contributed by atoms with E-state index >= 15 is 0 Å². The fourth-order valence-electron chi connectivity index (χ4n) is 8.75. The third kappa shape index (κ3) is 4.27. The van der Waals surface area contributed by atoms with Crippen molar-refractivity contribution in [1.29, 1.82) is 0 Å². The molecule has 0 aliphatic heterocycles. The van der Waals surface area contributed by atoms with Crippen molar-refractivity contribution in [2.45, 2.75) is 97.3 Å². The Bertz CT molecular complexity index is 654. The maximum atomic E-state index is 12.0. The number of fused-ring (bicyclic) bond motifs is 5. The summed E-state index contributed by atoms with van der Waals surface area (Å²) in [5.41, 5.74) is 1.11. The number of hydrogen-bond acceptors (Lipinski definition) is 2. The van der Waals surface area contributed by atoms with Crippen LogP contribution in [0.2, 0.25) is 0 Å². The van der Waals surface area contributed by atoms with Crippen LogP contribution in [0.5, 0.6) is 0 Å². The van der Waals surface area contributed by atoms with Crippen LogP contribution >= 0.6 is 0 Å². The van der Waals surface area contributed by atoms with Gasteiger partial charge in [0.05, 0.1) is 5.75 Å². The van der Waals surface area contributed by atoms with E-state index in [-0.39, 0.29) is 11.7 Å². The average molecular weight is 438 g/mol. The number of hydrogen-bond donors (Lipinski definition) is 2. The number of amides is 1. The van der Waals surface area contributed by atoms with Crippen LogP contribution in [0.15, 0.2) is 0 Å². The third-order valence-electron chi connectivity index (χ3n) is 10.3. The van der Waals surface area contributed by atoms with Crippen molar-refractivity contribution in [3.8, 4) is 0 Å².